The Balaban J connectivity index is 0.00000450. The molecule has 1 aromatic carbocycles. The van der Waals surface area contributed by atoms with E-state index in [1.54, 1.807) is 0 Å². The minimum Gasteiger partial charge on any atom is -0.377 e. The van der Waals surface area contributed by atoms with Crippen molar-refractivity contribution in [3.05, 3.63) is 35.4 Å². The first-order valence-electron chi connectivity index (χ1n) is 10.7. The molecule has 0 saturated carbocycles. The average molecular weight is 553 g/mol. The molecule has 0 aromatic heterocycles. The maximum atomic E-state index is 12.2. The zero-order valence-corrected chi connectivity index (χ0v) is 21.5. The first-order valence-corrected chi connectivity index (χ1v) is 12.3. The molecule has 30 heavy (non-hydrogen) atoms. The zero-order chi connectivity index (χ0) is 21.1. The first kappa shape index (κ1) is 27.1. The minimum atomic E-state index is -3.37. The van der Waals surface area contributed by atoms with Gasteiger partial charge in [0.2, 0.25) is 10.0 Å². The monoisotopic (exact) mass is 552 g/mol. The highest BCUT2D eigenvalue weighted by molar-refractivity contribution is 14.0. The van der Waals surface area contributed by atoms with Gasteiger partial charge in [0.1, 0.15) is 0 Å². The molecule has 1 fully saturated rings. The van der Waals surface area contributed by atoms with Crippen LogP contribution in [0.2, 0.25) is 0 Å². The number of guanidine groups is 1. The van der Waals surface area contributed by atoms with E-state index in [2.05, 4.69) is 58.5 Å². The summed E-state index contributed by atoms with van der Waals surface area (Å²) >= 11 is 0. The van der Waals surface area contributed by atoms with Crippen molar-refractivity contribution >= 4 is 40.0 Å². The molecule has 2 unspecified atom stereocenters. The Labute approximate surface area is 198 Å². The van der Waals surface area contributed by atoms with Gasteiger partial charge >= 0.3 is 0 Å². The van der Waals surface area contributed by atoms with Crippen molar-refractivity contribution in [1.82, 2.24) is 15.4 Å². The Morgan fingerprint density at radius 3 is 2.57 bits per heavy atom. The second kappa shape index (κ2) is 14.2. The van der Waals surface area contributed by atoms with Crippen molar-refractivity contribution in [3.8, 4) is 0 Å². The Kier molecular flexibility index (Phi) is 12.8. The number of halogens is 1. The van der Waals surface area contributed by atoms with Gasteiger partial charge in [-0.1, -0.05) is 31.2 Å². The molecule has 1 heterocycles. The van der Waals surface area contributed by atoms with Crippen molar-refractivity contribution in [2.45, 2.75) is 58.6 Å². The molecule has 2 rings (SSSR count). The van der Waals surface area contributed by atoms with Crippen LogP contribution in [-0.4, -0.2) is 52.5 Å². The van der Waals surface area contributed by atoms with Crippen LogP contribution in [0.4, 0.5) is 0 Å². The number of nitrogens with zero attached hydrogens (tertiary/aromatic N) is 1. The summed E-state index contributed by atoms with van der Waals surface area (Å²) in [6, 6.07) is 8.55. The Bertz CT molecular complexity index is 735. The van der Waals surface area contributed by atoms with Crippen LogP contribution in [0.3, 0.4) is 0 Å². The molecule has 9 heteroatoms. The molecule has 0 radical (unpaired) electrons. The van der Waals surface area contributed by atoms with Crippen LogP contribution in [0.5, 0.6) is 0 Å². The summed E-state index contributed by atoms with van der Waals surface area (Å²) in [6.07, 6.45) is 4.06. The van der Waals surface area contributed by atoms with Crippen LogP contribution >= 0.6 is 24.0 Å². The topological polar surface area (TPSA) is 91.8 Å². The van der Waals surface area contributed by atoms with Gasteiger partial charge < -0.3 is 15.4 Å². The number of nitrogens with one attached hydrogen (secondary N) is 3. The third kappa shape index (κ3) is 9.93. The number of benzene rings is 1. The fourth-order valence-corrected chi connectivity index (χ4v) is 4.10. The van der Waals surface area contributed by atoms with Gasteiger partial charge in [0.05, 0.1) is 24.4 Å². The standard InChI is InChI=1S/C21H36N4O3S.HI/c1-4-18-9-11-19(12-10-18)17(3)25-21(22-5-2)23-13-15-29(26,27)24-16-20-8-6-7-14-28-20;/h9-12,17,20,24H,4-8,13-16H2,1-3H3,(H2,22,23,25);1H. The molecule has 1 aromatic rings. The van der Waals surface area contributed by atoms with Gasteiger partial charge in [-0.05, 0) is 50.7 Å². The van der Waals surface area contributed by atoms with Gasteiger partial charge in [-0.3, -0.25) is 4.99 Å². The van der Waals surface area contributed by atoms with E-state index in [1.807, 2.05) is 6.92 Å². The minimum absolute atomic E-state index is 0. The van der Waals surface area contributed by atoms with E-state index in [-0.39, 0.29) is 48.4 Å². The number of rotatable bonds is 10. The summed E-state index contributed by atoms with van der Waals surface area (Å²) in [5.74, 6) is 0.570. The van der Waals surface area contributed by atoms with E-state index in [0.717, 1.165) is 31.2 Å². The molecule has 3 N–H and O–H groups in total. The quantitative estimate of drug-likeness (QED) is 0.236. The van der Waals surface area contributed by atoms with Gasteiger partial charge in [-0.15, -0.1) is 24.0 Å². The zero-order valence-electron chi connectivity index (χ0n) is 18.3. The second-order valence-corrected chi connectivity index (χ2v) is 9.30. The van der Waals surface area contributed by atoms with Gasteiger partial charge in [-0.2, -0.15) is 0 Å². The smallest absolute Gasteiger partial charge is 0.213 e. The third-order valence-electron chi connectivity index (χ3n) is 5.02. The third-order valence-corrected chi connectivity index (χ3v) is 6.35. The van der Waals surface area contributed by atoms with E-state index in [1.165, 1.54) is 5.56 Å². The maximum absolute atomic E-state index is 12.2. The van der Waals surface area contributed by atoms with Crippen molar-refractivity contribution < 1.29 is 13.2 Å². The van der Waals surface area contributed by atoms with Crippen molar-refractivity contribution in [2.24, 2.45) is 4.99 Å². The summed E-state index contributed by atoms with van der Waals surface area (Å²) in [5.41, 5.74) is 2.47. The fourth-order valence-electron chi connectivity index (χ4n) is 3.19. The number of aryl methyl sites for hydroxylation is 1. The molecule has 0 amide bonds. The molecule has 0 spiro atoms. The fraction of sp³-hybridized carbons (Fsp3) is 0.667. The van der Waals surface area contributed by atoms with Gasteiger partial charge in [0.25, 0.3) is 0 Å². The molecule has 2 atom stereocenters. The van der Waals surface area contributed by atoms with Crippen molar-refractivity contribution in [3.63, 3.8) is 0 Å². The lowest BCUT2D eigenvalue weighted by Crippen LogP contribution is -2.40. The summed E-state index contributed by atoms with van der Waals surface area (Å²) < 4.78 is 32.7. The van der Waals surface area contributed by atoms with Gasteiger partial charge in [0.15, 0.2) is 5.96 Å². The molecule has 1 aliphatic rings. The molecule has 172 valence electrons. The van der Waals surface area contributed by atoms with Crippen LogP contribution in [0, 0.1) is 0 Å². The highest BCUT2D eigenvalue weighted by Gasteiger charge is 2.17. The van der Waals surface area contributed by atoms with E-state index in [4.69, 9.17) is 4.74 Å². The largest absolute Gasteiger partial charge is 0.377 e. The summed E-state index contributed by atoms with van der Waals surface area (Å²) in [7, 11) is -3.37. The lowest BCUT2D eigenvalue weighted by atomic mass is 10.1. The van der Waals surface area contributed by atoms with E-state index >= 15 is 0 Å². The SMILES string of the molecule is CCNC(=NCCS(=O)(=O)NCC1CCCCO1)NC(C)c1ccc(CC)cc1.I. The van der Waals surface area contributed by atoms with E-state index < -0.39 is 10.0 Å². The predicted molar refractivity (Wildman–Crippen MR) is 134 cm³/mol. The first-order chi connectivity index (χ1) is 13.9. The lowest BCUT2D eigenvalue weighted by Gasteiger charge is -2.22. The molecule has 1 saturated heterocycles. The second-order valence-electron chi connectivity index (χ2n) is 7.38. The Morgan fingerprint density at radius 1 is 1.23 bits per heavy atom. The van der Waals surface area contributed by atoms with Crippen LogP contribution in [0.25, 0.3) is 0 Å². The van der Waals surface area contributed by atoms with E-state index in [0.29, 0.717) is 25.7 Å². The molecule has 7 nitrogen and oxygen atoms in total. The maximum Gasteiger partial charge on any atom is 0.213 e. The summed E-state index contributed by atoms with van der Waals surface area (Å²) in [5, 5.41) is 6.52. The molecular weight excluding hydrogens is 515 g/mol. The number of sulfonamides is 1. The van der Waals surface area contributed by atoms with E-state index in [9.17, 15) is 8.42 Å². The van der Waals surface area contributed by atoms with Crippen LogP contribution in [-0.2, 0) is 21.2 Å². The lowest BCUT2D eigenvalue weighted by molar-refractivity contribution is 0.0200. The molecule has 1 aliphatic heterocycles. The van der Waals surface area contributed by atoms with Crippen molar-refractivity contribution in [2.75, 3.05) is 32.0 Å². The number of hydrogen-bond acceptors (Lipinski definition) is 4. The van der Waals surface area contributed by atoms with Crippen molar-refractivity contribution in [1.29, 1.82) is 0 Å². The normalized spacial score (nSPS) is 18.4. The van der Waals surface area contributed by atoms with Crippen LogP contribution < -0.4 is 15.4 Å². The van der Waals surface area contributed by atoms with Gasteiger partial charge in [0, 0.05) is 19.7 Å². The number of hydrogen-bond donors (Lipinski definition) is 3. The highest BCUT2D eigenvalue weighted by Crippen LogP contribution is 2.14. The summed E-state index contributed by atoms with van der Waals surface area (Å²) in [6.45, 7) is 8.15. The molecule has 0 bridgehead atoms. The summed E-state index contributed by atoms with van der Waals surface area (Å²) in [4.78, 5) is 4.44. The Morgan fingerprint density at radius 2 is 1.97 bits per heavy atom. The molecule has 0 aliphatic carbocycles. The van der Waals surface area contributed by atoms with Crippen LogP contribution in [0.15, 0.2) is 29.3 Å². The number of ether oxygens (including phenoxy) is 1. The molecular formula is C21H37IN4O3S. The predicted octanol–water partition coefficient (Wildman–Crippen LogP) is 2.97. The van der Waals surface area contributed by atoms with Crippen LogP contribution in [0.1, 0.15) is 57.2 Å². The average Bonchev–Trinajstić information content (AvgIpc) is 2.73. The highest BCUT2D eigenvalue weighted by atomic mass is 127. The number of aliphatic imine (C=N–C) groups is 1. The Hall–Kier alpha value is -0.910. The van der Waals surface area contributed by atoms with Gasteiger partial charge in [-0.25, -0.2) is 13.1 Å².